The van der Waals surface area contributed by atoms with E-state index in [-0.39, 0.29) is 37.6 Å². The largest absolute Gasteiger partial charge is 0.481 e. The average molecular weight is 469 g/mol. The molecule has 3 atom stereocenters. The Hall–Kier alpha value is -3.04. The van der Waals surface area contributed by atoms with Gasteiger partial charge in [0.25, 0.3) is 0 Å². The topological polar surface area (TPSA) is 108 Å². The number of anilines is 1. The number of amides is 1. The molecule has 182 valence electrons. The number of carboxylic acid groups (broad SMARTS) is 1. The van der Waals surface area contributed by atoms with Crippen LogP contribution in [0, 0.1) is 0 Å². The molecule has 0 aromatic heterocycles. The Balaban J connectivity index is 1.72. The smallest absolute Gasteiger partial charge is 0.303 e. The number of aliphatic hydroxyl groups is 1. The maximum atomic E-state index is 11.9. The van der Waals surface area contributed by atoms with Crippen molar-refractivity contribution in [2.24, 2.45) is 0 Å². The molecule has 8 nitrogen and oxygen atoms in total. The number of carboxylic acids is 1. The number of aliphatic carboxylic acids is 1. The monoisotopic (exact) mass is 468 g/mol. The van der Waals surface area contributed by atoms with Gasteiger partial charge in [0.15, 0.2) is 6.29 Å². The minimum Gasteiger partial charge on any atom is -0.481 e. The number of nitrogens with zero attached hydrogens (tertiary/aromatic N) is 1. The van der Waals surface area contributed by atoms with Crippen molar-refractivity contribution in [3.63, 3.8) is 0 Å². The van der Waals surface area contributed by atoms with Crippen molar-refractivity contribution in [1.82, 2.24) is 4.90 Å². The summed E-state index contributed by atoms with van der Waals surface area (Å²) < 4.78 is 12.6. The number of hydrogen-bond donors (Lipinski definition) is 3. The SMILES string of the molecule is C=CCN(C)C[C@H]1C[C@@H](c2ccc(CO)cc2)O[C@@H](c2ccc(NC(=O)CCC(=O)O)cc2)O1. The number of ether oxygens (including phenoxy) is 2. The van der Waals surface area contributed by atoms with Gasteiger partial charge in [-0.05, 0) is 30.3 Å². The van der Waals surface area contributed by atoms with E-state index in [1.54, 1.807) is 12.1 Å². The van der Waals surface area contributed by atoms with E-state index in [4.69, 9.17) is 14.6 Å². The van der Waals surface area contributed by atoms with Gasteiger partial charge in [-0.1, -0.05) is 42.5 Å². The second-order valence-electron chi connectivity index (χ2n) is 8.42. The fourth-order valence-electron chi connectivity index (χ4n) is 3.84. The number of carbonyl (C=O) groups excluding carboxylic acids is 1. The highest BCUT2D eigenvalue weighted by molar-refractivity contribution is 5.92. The molecular weight excluding hydrogens is 436 g/mol. The van der Waals surface area contributed by atoms with Gasteiger partial charge in [-0.15, -0.1) is 6.58 Å². The van der Waals surface area contributed by atoms with Crippen molar-refractivity contribution in [2.45, 2.75) is 44.4 Å². The van der Waals surface area contributed by atoms with Gasteiger partial charge in [-0.2, -0.15) is 0 Å². The molecule has 0 radical (unpaired) electrons. The molecule has 0 saturated carbocycles. The zero-order valence-corrected chi connectivity index (χ0v) is 19.4. The molecular formula is C26H32N2O6. The summed E-state index contributed by atoms with van der Waals surface area (Å²) in [5, 5.41) is 20.8. The second kappa shape index (κ2) is 12.4. The van der Waals surface area contributed by atoms with Gasteiger partial charge in [0.05, 0.1) is 25.2 Å². The summed E-state index contributed by atoms with van der Waals surface area (Å²) in [6, 6.07) is 14.9. The zero-order valence-electron chi connectivity index (χ0n) is 19.4. The van der Waals surface area contributed by atoms with Gasteiger partial charge in [0.1, 0.15) is 0 Å². The van der Waals surface area contributed by atoms with Gasteiger partial charge < -0.3 is 29.9 Å². The summed E-state index contributed by atoms with van der Waals surface area (Å²) >= 11 is 0. The molecule has 1 fully saturated rings. The zero-order chi connectivity index (χ0) is 24.5. The average Bonchev–Trinajstić information content (AvgIpc) is 2.83. The first kappa shape index (κ1) is 25.6. The van der Waals surface area contributed by atoms with Crippen LogP contribution in [-0.2, 0) is 25.7 Å². The lowest BCUT2D eigenvalue weighted by atomic mass is 9.99. The van der Waals surface area contributed by atoms with E-state index in [9.17, 15) is 14.7 Å². The molecule has 2 aromatic rings. The summed E-state index contributed by atoms with van der Waals surface area (Å²) in [6.45, 7) is 5.25. The molecule has 0 unspecified atom stereocenters. The van der Waals surface area contributed by atoms with Crippen molar-refractivity contribution in [1.29, 1.82) is 0 Å². The van der Waals surface area contributed by atoms with Crippen LogP contribution >= 0.6 is 0 Å². The van der Waals surface area contributed by atoms with Crippen LogP contribution in [0.3, 0.4) is 0 Å². The summed E-state index contributed by atoms with van der Waals surface area (Å²) in [7, 11) is 2.02. The molecule has 0 bridgehead atoms. The Morgan fingerprint density at radius 2 is 1.76 bits per heavy atom. The van der Waals surface area contributed by atoms with Crippen LogP contribution in [0.5, 0.6) is 0 Å². The Bertz CT molecular complexity index is 960. The van der Waals surface area contributed by atoms with Gasteiger partial charge in [0, 0.05) is 37.2 Å². The van der Waals surface area contributed by atoms with Crippen molar-refractivity contribution in [3.05, 3.63) is 77.9 Å². The van der Waals surface area contributed by atoms with E-state index >= 15 is 0 Å². The normalized spacial score (nSPS) is 20.1. The first-order valence-corrected chi connectivity index (χ1v) is 11.3. The van der Waals surface area contributed by atoms with E-state index in [1.165, 1.54) is 0 Å². The molecule has 3 N–H and O–H groups in total. The second-order valence-corrected chi connectivity index (χ2v) is 8.42. The molecule has 1 aliphatic rings. The van der Waals surface area contributed by atoms with Gasteiger partial charge >= 0.3 is 5.97 Å². The predicted octanol–water partition coefficient (Wildman–Crippen LogP) is 3.65. The highest BCUT2D eigenvalue weighted by Gasteiger charge is 2.32. The third-order valence-electron chi connectivity index (χ3n) is 5.60. The van der Waals surface area contributed by atoms with Crippen molar-refractivity contribution >= 4 is 17.6 Å². The van der Waals surface area contributed by atoms with E-state index in [0.717, 1.165) is 29.8 Å². The third-order valence-corrected chi connectivity index (χ3v) is 5.60. The lowest BCUT2D eigenvalue weighted by Gasteiger charge is -2.37. The van der Waals surface area contributed by atoms with E-state index < -0.39 is 12.3 Å². The minimum absolute atomic E-state index is 0.00823. The van der Waals surface area contributed by atoms with Crippen LogP contribution in [0.4, 0.5) is 5.69 Å². The molecule has 1 saturated heterocycles. The first-order valence-electron chi connectivity index (χ1n) is 11.3. The maximum absolute atomic E-state index is 11.9. The summed E-state index contributed by atoms with van der Waals surface area (Å²) in [5.41, 5.74) is 3.25. The van der Waals surface area contributed by atoms with Crippen molar-refractivity contribution < 1.29 is 29.3 Å². The predicted molar refractivity (Wildman–Crippen MR) is 128 cm³/mol. The summed E-state index contributed by atoms with van der Waals surface area (Å²) in [6.07, 6.45) is 1.42. The fourth-order valence-corrected chi connectivity index (χ4v) is 3.84. The number of benzene rings is 2. The van der Waals surface area contributed by atoms with Crippen LogP contribution in [0.15, 0.2) is 61.2 Å². The Labute approximate surface area is 199 Å². The Morgan fingerprint density at radius 1 is 1.09 bits per heavy atom. The Kier molecular flexibility index (Phi) is 9.35. The lowest BCUT2D eigenvalue weighted by molar-refractivity contribution is -0.252. The molecule has 2 aromatic carbocycles. The Morgan fingerprint density at radius 3 is 2.38 bits per heavy atom. The van der Waals surface area contributed by atoms with Gasteiger partial charge in [-0.3, -0.25) is 9.59 Å². The van der Waals surface area contributed by atoms with Crippen LogP contribution < -0.4 is 5.32 Å². The standard InChI is InChI=1S/C26H32N2O6/c1-3-14-28(2)16-22-15-23(19-6-4-18(17-29)5-7-19)34-26(33-22)20-8-10-21(11-9-20)27-24(30)12-13-25(31)32/h3-11,22-23,26,29H,1,12-17H2,2H3,(H,27,30)(H,31,32)/t22-,23+,26+/m1/s1. The van der Waals surface area contributed by atoms with E-state index in [2.05, 4.69) is 16.8 Å². The highest BCUT2D eigenvalue weighted by Crippen LogP contribution is 2.38. The van der Waals surface area contributed by atoms with Gasteiger partial charge in [-0.25, -0.2) is 0 Å². The molecule has 34 heavy (non-hydrogen) atoms. The third kappa shape index (κ3) is 7.50. The minimum atomic E-state index is -1.01. The highest BCUT2D eigenvalue weighted by atomic mass is 16.7. The molecule has 0 spiro atoms. The number of carbonyl (C=O) groups is 2. The quantitative estimate of drug-likeness (QED) is 0.432. The van der Waals surface area contributed by atoms with Crippen molar-refractivity contribution in [3.8, 4) is 0 Å². The molecule has 1 heterocycles. The fraction of sp³-hybridized carbons (Fsp3) is 0.385. The summed E-state index contributed by atoms with van der Waals surface area (Å²) in [4.78, 5) is 24.7. The van der Waals surface area contributed by atoms with Gasteiger partial charge in [0.2, 0.25) is 5.91 Å². The first-order chi connectivity index (χ1) is 16.4. The molecule has 1 aliphatic heterocycles. The summed E-state index contributed by atoms with van der Waals surface area (Å²) in [5.74, 6) is -1.36. The molecule has 3 rings (SSSR count). The maximum Gasteiger partial charge on any atom is 0.303 e. The number of likely N-dealkylation sites (N-methyl/N-ethyl adjacent to an activating group) is 1. The van der Waals surface area contributed by atoms with Crippen LogP contribution in [-0.4, -0.2) is 53.2 Å². The van der Waals surface area contributed by atoms with Crippen LogP contribution in [0.1, 0.15) is 48.3 Å². The lowest BCUT2D eigenvalue weighted by Crippen LogP contribution is -2.37. The van der Waals surface area contributed by atoms with E-state index in [0.29, 0.717) is 12.1 Å². The molecule has 8 heteroatoms. The number of hydrogen-bond acceptors (Lipinski definition) is 6. The number of nitrogens with one attached hydrogen (secondary N) is 1. The number of rotatable bonds is 11. The molecule has 1 amide bonds. The van der Waals surface area contributed by atoms with Crippen LogP contribution in [0.25, 0.3) is 0 Å². The van der Waals surface area contributed by atoms with Crippen molar-refractivity contribution in [2.75, 3.05) is 25.5 Å². The molecule has 0 aliphatic carbocycles. The number of aliphatic hydroxyl groups excluding tert-OH is 1. The van der Waals surface area contributed by atoms with Crippen LogP contribution in [0.2, 0.25) is 0 Å². The van der Waals surface area contributed by atoms with E-state index in [1.807, 2.05) is 49.5 Å².